The monoisotopic (exact) mass is 238 g/mol. The number of pyridine rings is 2. The van der Waals surface area contributed by atoms with Crippen molar-refractivity contribution in [3.8, 4) is 11.3 Å². The van der Waals surface area contributed by atoms with Crippen molar-refractivity contribution >= 4 is 0 Å². The Morgan fingerprint density at radius 2 is 1.88 bits per heavy atom. The van der Waals surface area contributed by atoms with Gasteiger partial charge in [-0.15, -0.1) is 0 Å². The van der Waals surface area contributed by atoms with Crippen LogP contribution in [0.25, 0.3) is 11.3 Å². The molecule has 2 aromatic rings. The third-order valence-corrected chi connectivity index (χ3v) is 2.20. The average Bonchev–Trinajstić information content (AvgIpc) is 2.28. The largest absolute Gasteiger partial charge is 0.433 e. The van der Waals surface area contributed by atoms with E-state index in [0.29, 0.717) is 17.0 Å². The van der Waals surface area contributed by atoms with Gasteiger partial charge in [-0.05, 0) is 31.2 Å². The Labute approximate surface area is 96.2 Å². The van der Waals surface area contributed by atoms with Gasteiger partial charge in [0.05, 0.1) is 5.69 Å². The molecular weight excluding hydrogens is 229 g/mol. The van der Waals surface area contributed by atoms with E-state index >= 15 is 0 Å². The Bertz CT molecular complexity index is 521. The van der Waals surface area contributed by atoms with Crippen LogP contribution in [0.15, 0.2) is 36.5 Å². The van der Waals surface area contributed by atoms with Crippen LogP contribution in [0.3, 0.4) is 0 Å². The molecule has 0 aliphatic carbocycles. The zero-order valence-electron chi connectivity index (χ0n) is 8.99. The minimum Gasteiger partial charge on any atom is -0.256 e. The summed E-state index contributed by atoms with van der Waals surface area (Å²) in [6.45, 7) is 1.53. The van der Waals surface area contributed by atoms with E-state index in [-0.39, 0.29) is 0 Å². The van der Waals surface area contributed by atoms with Crippen molar-refractivity contribution in [1.29, 1.82) is 0 Å². The third-order valence-electron chi connectivity index (χ3n) is 2.20. The lowest BCUT2D eigenvalue weighted by Crippen LogP contribution is -2.09. The van der Waals surface area contributed by atoms with Crippen LogP contribution < -0.4 is 0 Å². The molecule has 2 rings (SSSR count). The molecule has 0 atom stereocenters. The van der Waals surface area contributed by atoms with E-state index in [1.807, 2.05) is 0 Å². The van der Waals surface area contributed by atoms with Gasteiger partial charge in [-0.1, -0.05) is 6.07 Å². The number of aromatic nitrogens is 2. The molecule has 2 heterocycles. The first-order valence-electron chi connectivity index (χ1n) is 4.94. The number of nitrogens with zero attached hydrogens (tertiary/aromatic N) is 2. The quantitative estimate of drug-likeness (QED) is 0.760. The minimum atomic E-state index is -4.43. The van der Waals surface area contributed by atoms with Crippen molar-refractivity contribution in [3.63, 3.8) is 0 Å². The Morgan fingerprint density at radius 1 is 1.12 bits per heavy atom. The smallest absolute Gasteiger partial charge is 0.256 e. The molecular formula is C12H9F3N2. The van der Waals surface area contributed by atoms with Gasteiger partial charge in [-0.25, -0.2) is 4.98 Å². The van der Waals surface area contributed by atoms with Crippen molar-refractivity contribution in [2.24, 2.45) is 0 Å². The molecule has 88 valence electrons. The van der Waals surface area contributed by atoms with Crippen molar-refractivity contribution in [1.82, 2.24) is 9.97 Å². The zero-order chi connectivity index (χ0) is 12.5. The van der Waals surface area contributed by atoms with Crippen LogP contribution in [0, 0.1) is 6.92 Å². The predicted molar refractivity (Wildman–Crippen MR) is 57.2 cm³/mol. The van der Waals surface area contributed by atoms with E-state index in [9.17, 15) is 13.2 Å². The third kappa shape index (κ3) is 2.61. The highest BCUT2D eigenvalue weighted by molar-refractivity contribution is 5.59. The van der Waals surface area contributed by atoms with Gasteiger partial charge in [0.1, 0.15) is 5.69 Å². The molecule has 0 N–H and O–H groups in total. The first-order chi connectivity index (χ1) is 7.97. The average molecular weight is 238 g/mol. The second-order valence-corrected chi connectivity index (χ2v) is 3.60. The van der Waals surface area contributed by atoms with Crippen LogP contribution in [0.1, 0.15) is 11.4 Å². The second-order valence-electron chi connectivity index (χ2n) is 3.60. The summed E-state index contributed by atoms with van der Waals surface area (Å²) in [7, 11) is 0. The van der Waals surface area contributed by atoms with Gasteiger partial charge < -0.3 is 0 Å². The maximum atomic E-state index is 12.6. The van der Waals surface area contributed by atoms with Crippen LogP contribution >= 0.6 is 0 Å². The second kappa shape index (κ2) is 4.16. The molecule has 5 heteroatoms. The molecule has 17 heavy (non-hydrogen) atoms. The maximum Gasteiger partial charge on any atom is 0.433 e. The van der Waals surface area contributed by atoms with E-state index in [4.69, 9.17) is 0 Å². The summed E-state index contributed by atoms with van der Waals surface area (Å²) in [5.74, 6) is 0. The number of rotatable bonds is 1. The fourth-order valence-corrected chi connectivity index (χ4v) is 1.50. The summed E-state index contributed by atoms with van der Waals surface area (Å²) in [6, 6.07) is 7.69. The first-order valence-corrected chi connectivity index (χ1v) is 4.94. The molecule has 0 aromatic carbocycles. The molecule has 0 radical (unpaired) electrons. The maximum absolute atomic E-state index is 12.6. The van der Waals surface area contributed by atoms with Crippen LogP contribution in [-0.2, 0) is 6.18 Å². The van der Waals surface area contributed by atoms with Gasteiger partial charge in [-0.3, -0.25) is 4.98 Å². The standard InChI is InChI=1S/C12H9F3N2/c1-8-6-9(10-4-2-3-5-16-10)7-11(17-8)12(13,14)15/h2-7H,1H3. The highest BCUT2D eigenvalue weighted by atomic mass is 19.4. The highest BCUT2D eigenvalue weighted by Crippen LogP contribution is 2.30. The number of hydrogen-bond donors (Lipinski definition) is 0. The summed E-state index contributed by atoms with van der Waals surface area (Å²) >= 11 is 0. The van der Waals surface area contributed by atoms with Crippen molar-refractivity contribution in [2.75, 3.05) is 0 Å². The Kier molecular flexibility index (Phi) is 2.83. The Morgan fingerprint density at radius 3 is 2.47 bits per heavy atom. The van der Waals surface area contributed by atoms with Crippen LogP contribution in [0.4, 0.5) is 13.2 Å². The van der Waals surface area contributed by atoms with Crippen LogP contribution in [-0.4, -0.2) is 9.97 Å². The van der Waals surface area contributed by atoms with Crippen molar-refractivity contribution in [2.45, 2.75) is 13.1 Å². The zero-order valence-corrected chi connectivity index (χ0v) is 8.99. The van der Waals surface area contributed by atoms with Crippen LogP contribution in [0.5, 0.6) is 0 Å². The highest BCUT2D eigenvalue weighted by Gasteiger charge is 2.33. The summed E-state index contributed by atoms with van der Waals surface area (Å²) < 4.78 is 37.7. The Balaban J connectivity index is 2.54. The fraction of sp³-hybridized carbons (Fsp3) is 0.167. The van der Waals surface area contributed by atoms with Gasteiger partial charge in [-0.2, -0.15) is 13.2 Å². The summed E-state index contributed by atoms with van der Waals surface area (Å²) in [5.41, 5.74) is 0.354. The SMILES string of the molecule is Cc1cc(-c2ccccn2)cc(C(F)(F)F)n1. The van der Waals surface area contributed by atoms with Gasteiger partial charge in [0.25, 0.3) is 0 Å². The molecule has 0 fully saturated rings. The minimum absolute atomic E-state index is 0.320. The van der Waals surface area contributed by atoms with E-state index in [1.54, 1.807) is 30.5 Å². The first kappa shape index (κ1) is 11.6. The number of alkyl halides is 3. The molecule has 2 nitrogen and oxygen atoms in total. The van der Waals surface area contributed by atoms with Gasteiger partial charge >= 0.3 is 6.18 Å². The van der Waals surface area contributed by atoms with E-state index < -0.39 is 11.9 Å². The normalized spacial score (nSPS) is 11.5. The molecule has 0 unspecified atom stereocenters. The van der Waals surface area contributed by atoms with E-state index in [1.165, 1.54) is 6.92 Å². The summed E-state index contributed by atoms with van der Waals surface area (Å²) in [5, 5.41) is 0. The summed E-state index contributed by atoms with van der Waals surface area (Å²) in [4.78, 5) is 7.50. The van der Waals surface area contributed by atoms with Gasteiger partial charge in [0, 0.05) is 17.5 Å². The van der Waals surface area contributed by atoms with Crippen molar-refractivity contribution in [3.05, 3.63) is 47.9 Å². The molecule has 0 saturated carbocycles. The van der Waals surface area contributed by atoms with Gasteiger partial charge in [0.15, 0.2) is 0 Å². The molecule has 0 spiro atoms. The number of hydrogen-bond acceptors (Lipinski definition) is 2. The topological polar surface area (TPSA) is 25.8 Å². The molecule has 0 saturated heterocycles. The number of halogens is 3. The number of aryl methyl sites for hydroxylation is 1. The van der Waals surface area contributed by atoms with E-state index in [2.05, 4.69) is 9.97 Å². The lowest BCUT2D eigenvalue weighted by molar-refractivity contribution is -0.141. The fourth-order valence-electron chi connectivity index (χ4n) is 1.50. The molecule has 0 aliphatic rings. The molecule has 0 amide bonds. The molecule has 0 bridgehead atoms. The summed E-state index contributed by atoms with van der Waals surface area (Å²) in [6.07, 6.45) is -2.89. The van der Waals surface area contributed by atoms with E-state index in [0.717, 1.165) is 6.07 Å². The van der Waals surface area contributed by atoms with Crippen molar-refractivity contribution < 1.29 is 13.2 Å². The molecule has 2 aromatic heterocycles. The van der Waals surface area contributed by atoms with Gasteiger partial charge in [0.2, 0.25) is 0 Å². The Hall–Kier alpha value is -1.91. The molecule has 0 aliphatic heterocycles. The lowest BCUT2D eigenvalue weighted by atomic mass is 10.1. The predicted octanol–water partition coefficient (Wildman–Crippen LogP) is 3.47. The van der Waals surface area contributed by atoms with Crippen LogP contribution in [0.2, 0.25) is 0 Å². The lowest BCUT2D eigenvalue weighted by Gasteiger charge is -2.09.